The van der Waals surface area contributed by atoms with Gasteiger partial charge in [-0.3, -0.25) is 0 Å². The standard InChI is InChI=1S/C8H8N2/c1-7-3-5-8(6-4-7)10-9-2/h3-6H,1-2H2. The molecule has 0 saturated heterocycles. The zero-order valence-corrected chi connectivity index (χ0v) is 5.62. The highest BCUT2D eigenvalue weighted by Gasteiger charge is 1.92. The van der Waals surface area contributed by atoms with Gasteiger partial charge in [0.1, 0.15) is 0 Å². The lowest BCUT2D eigenvalue weighted by Gasteiger charge is -1.97. The lowest BCUT2D eigenvalue weighted by atomic mass is 10.1. The van der Waals surface area contributed by atoms with Crippen LogP contribution in [0.2, 0.25) is 0 Å². The number of hydrogen-bond acceptors (Lipinski definition) is 2. The van der Waals surface area contributed by atoms with E-state index in [1.807, 2.05) is 24.3 Å². The first-order chi connectivity index (χ1) is 4.83. The van der Waals surface area contributed by atoms with Crippen molar-refractivity contribution in [3.05, 3.63) is 36.5 Å². The van der Waals surface area contributed by atoms with E-state index in [-0.39, 0.29) is 0 Å². The average molecular weight is 132 g/mol. The molecule has 0 aromatic carbocycles. The second kappa shape index (κ2) is 2.92. The summed E-state index contributed by atoms with van der Waals surface area (Å²) in [6, 6.07) is 0. The van der Waals surface area contributed by atoms with Crippen LogP contribution in [-0.4, -0.2) is 12.4 Å². The maximum atomic E-state index is 3.73. The van der Waals surface area contributed by atoms with Crippen molar-refractivity contribution in [2.24, 2.45) is 10.2 Å². The van der Waals surface area contributed by atoms with Gasteiger partial charge in [0.2, 0.25) is 0 Å². The SMILES string of the molecule is C=NN=C1C=CC(=C)C=C1. The molecule has 1 rings (SSSR count). The van der Waals surface area contributed by atoms with Gasteiger partial charge in [0.25, 0.3) is 0 Å². The fourth-order valence-corrected chi connectivity index (χ4v) is 0.644. The highest BCUT2D eigenvalue weighted by atomic mass is 15.2. The topological polar surface area (TPSA) is 24.7 Å². The third kappa shape index (κ3) is 1.52. The third-order valence-corrected chi connectivity index (χ3v) is 1.12. The molecule has 0 spiro atoms. The molecule has 0 bridgehead atoms. The van der Waals surface area contributed by atoms with Gasteiger partial charge in [-0.25, -0.2) is 0 Å². The molecule has 10 heavy (non-hydrogen) atoms. The summed E-state index contributed by atoms with van der Waals surface area (Å²) in [7, 11) is 0. The lowest BCUT2D eigenvalue weighted by Crippen LogP contribution is -1.90. The van der Waals surface area contributed by atoms with Crippen LogP contribution < -0.4 is 0 Å². The molecule has 0 saturated carbocycles. The summed E-state index contributed by atoms with van der Waals surface area (Å²) < 4.78 is 0. The summed E-state index contributed by atoms with van der Waals surface area (Å²) in [6.07, 6.45) is 7.45. The van der Waals surface area contributed by atoms with Crippen molar-refractivity contribution < 1.29 is 0 Å². The van der Waals surface area contributed by atoms with Gasteiger partial charge in [-0.2, -0.15) is 10.2 Å². The van der Waals surface area contributed by atoms with E-state index in [2.05, 4.69) is 23.5 Å². The number of hydrogen-bond donors (Lipinski definition) is 0. The molecular weight excluding hydrogens is 124 g/mol. The van der Waals surface area contributed by atoms with Crippen LogP contribution in [0.25, 0.3) is 0 Å². The summed E-state index contributed by atoms with van der Waals surface area (Å²) in [5, 5.41) is 7.12. The molecule has 2 heteroatoms. The van der Waals surface area contributed by atoms with E-state index in [0.717, 1.165) is 11.3 Å². The van der Waals surface area contributed by atoms with Crippen LogP contribution in [-0.2, 0) is 0 Å². The Morgan fingerprint density at radius 1 is 1.10 bits per heavy atom. The fraction of sp³-hybridized carbons (Fsp3) is 0. The first-order valence-electron chi connectivity index (χ1n) is 2.91. The van der Waals surface area contributed by atoms with Crippen molar-refractivity contribution >= 4 is 12.4 Å². The Hall–Kier alpha value is -1.44. The Kier molecular flexibility index (Phi) is 1.95. The van der Waals surface area contributed by atoms with Crippen LogP contribution in [0, 0.1) is 0 Å². The molecule has 0 aromatic heterocycles. The van der Waals surface area contributed by atoms with Gasteiger partial charge < -0.3 is 0 Å². The molecule has 0 unspecified atom stereocenters. The second-order valence-corrected chi connectivity index (χ2v) is 1.91. The van der Waals surface area contributed by atoms with Gasteiger partial charge in [0.15, 0.2) is 0 Å². The summed E-state index contributed by atoms with van der Waals surface area (Å²) >= 11 is 0. The van der Waals surface area contributed by atoms with E-state index < -0.39 is 0 Å². The van der Waals surface area contributed by atoms with Gasteiger partial charge in [-0.1, -0.05) is 18.7 Å². The zero-order chi connectivity index (χ0) is 7.40. The van der Waals surface area contributed by atoms with Crippen LogP contribution in [0.3, 0.4) is 0 Å². The first kappa shape index (κ1) is 6.68. The Balaban J connectivity index is 2.80. The fourth-order valence-electron chi connectivity index (χ4n) is 0.644. The minimum Gasteiger partial charge on any atom is -0.166 e. The van der Waals surface area contributed by atoms with E-state index in [4.69, 9.17) is 0 Å². The molecule has 50 valence electrons. The number of allylic oxidation sites excluding steroid dienone is 5. The third-order valence-electron chi connectivity index (χ3n) is 1.12. The van der Waals surface area contributed by atoms with Crippen LogP contribution >= 0.6 is 0 Å². The predicted molar refractivity (Wildman–Crippen MR) is 44.4 cm³/mol. The molecule has 0 fully saturated rings. The molecule has 0 heterocycles. The van der Waals surface area contributed by atoms with Crippen LogP contribution in [0.4, 0.5) is 0 Å². The van der Waals surface area contributed by atoms with Gasteiger partial charge in [0, 0.05) is 6.72 Å². The van der Waals surface area contributed by atoms with E-state index in [0.29, 0.717) is 0 Å². The highest BCUT2D eigenvalue weighted by molar-refractivity contribution is 6.05. The van der Waals surface area contributed by atoms with Gasteiger partial charge in [-0.15, -0.1) is 0 Å². The van der Waals surface area contributed by atoms with E-state index in [1.165, 1.54) is 0 Å². The van der Waals surface area contributed by atoms with E-state index in [9.17, 15) is 0 Å². The van der Waals surface area contributed by atoms with Crippen molar-refractivity contribution in [2.75, 3.05) is 0 Å². The maximum absolute atomic E-state index is 3.73. The molecule has 2 nitrogen and oxygen atoms in total. The van der Waals surface area contributed by atoms with Crippen molar-refractivity contribution in [3.8, 4) is 0 Å². The smallest absolute Gasteiger partial charge is 0.0857 e. The Morgan fingerprint density at radius 2 is 1.70 bits per heavy atom. The molecule has 0 aromatic rings. The van der Waals surface area contributed by atoms with Gasteiger partial charge in [0.05, 0.1) is 5.71 Å². The molecule has 1 aliphatic carbocycles. The zero-order valence-electron chi connectivity index (χ0n) is 5.62. The predicted octanol–water partition coefficient (Wildman–Crippen LogP) is 1.73. The maximum Gasteiger partial charge on any atom is 0.0857 e. The monoisotopic (exact) mass is 132 g/mol. The normalized spacial score (nSPS) is 15.6. The van der Waals surface area contributed by atoms with Crippen LogP contribution in [0.1, 0.15) is 0 Å². The van der Waals surface area contributed by atoms with Crippen LogP contribution in [0.5, 0.6) is 0 Å². The molecule has 0 atom stereocenters. The van der Waals surface area contributed by atoms with Crippen LogP contribution in [0.15, 0.2) is 46.7 Å². The van der Waals surface area contributed by atoms with E-state index >= 15 is 0 Å². The summed E-state index contributed by atoms with van der Waals surface area (Å²) in [5.41, 5.74) is 1.78. The molecule has 0 radical (unpaired) electrons. The van der Waals surface area contributed by atoms with Crippen molar-refractivity contribution in [1.29, 1.82) is 0 Å². The quantitative estimate of drug-likeness (QED) is 0.383. The Morgan fingerprint density at radius 3 is 2.20 bits per heavy atom. The molecule has 1 aliphatic rings. The largest absolute Gasteiger partial charge is 0.166 e. The minimum atomic E-state index is 0.808. The first-order valence-corrected chi connectivity index (χ1v) is 2.91. The Bertz CT molecular complexity index is 226. The van der Waals surface area contributed by atoms with Crippen molar-refractivity contribution in [1.82, 2.24) is 0 Å². The van der Waals surface area contributed by atoms with Gasteiger partial charge >= 0.3 is 0 Å². The second-order valence-electron chi connectivity index (χ2n) is 1.91. The summed E-state index contributed by atoms with van der Waals surface area (Å²) in [4.78, 5) is 0. The lowest BCUT2D eigenvalue weighted by molar-refractivity contribution is 1.27. The molecule has 0 aliphatic heterocycles. The number of rotatable bonds is 1. The minimum absolute atomic E-state index is 0.808. The Labute approximate surface area is 60.0 Å². The summed E-state index contributed by atoms with van der Waals surface area (Å²) in [6.45, 7) is 6.98. The number of nitrogens with zero attached hydrogens (tertiary/aromatic N) is 2. The highest BCUT2D eigenvalue weighted by Crippen LogP contribution is 2.03. The van der Waals surface area contributed by atoms with Gasteiger partial charge in [-0.05, 0) is 17.7 Å². The molecular formula is C8H8N2. The average Bonchev–Trinajstić information content (AvgIpc) is 1.95. The van der Waals surface area contributed by atoms with Crippen molar-refractivity contribution in [2.45, 2.75) is 0 Å². The van der Waals surface area contributed by atoms with Crippen molar-refractivity contribution in [3.63, 3.8) is 0 Å². The summed E-state index contributed by atoms with van der Waals surface area (Å²) in [5.74, 6) is 0. The molecule has 0 N–H and O–H groups in total. The van der Waals surface area contributed by atoms with E-state index in [1.54, 1.807) is 0 Å². The molecule has 0 amide bonds.